The Morgan fingerprint density at radius 1 is 1.00 bits per heavy atom. The van der Waals surface area contributed by atoms with Crippen LogP contribution in [-0.4, -0.2) is 19.9 Å². The lowest BCUT2D eigenvalue weighted by atomic mass is 10.2. The lowest BCUT2D eigenvalue weighted by Gasteiger charge is -2.08. The highest BCUT2D eigenvalue weighted by Crippen LogP contribution is 2.20. The van der Waals surface area contributed by atoms with Crippen LogP contribution in [0.2, 0.25) is 0 Å². The van der Waals surface area contributed by atoms with Gasteiger partial charge in [0.1, 0.15) is 11.6 Å². The summed E-state index contributed by atoms with van der Waals surface area (Å²) in [6, 6.07) is 17.5. The molecule has 0 atom stereocenters. The van der Waals surface area contributed by atoms with Crippen LogP contribution >= 0.6 is 0 Å². The topological polar surface area (TPSA) is 92.5 Å². The number of aromatic nitrogens is 4. The Morgan fingerprint density at radius 2 is 1.88 bits per heavy atom. The Hall–Kier alpha value is -3.41. The number of nitrogen functional groups attached to an aromatic ring is 1. The molecular weight excluding hydrogens is 312 g/mol. The van der Waals surface area contributed by atoms with Crippen LogP contribution in [-0.2, 0) is 6.54 Å². The fraction of sp³-hybridized carbons (Fsp3) is 0.105. The number of aromatic amines is 1. The van der Waals surface area contributed by atoms with Gasteiger partial charge in [-0.05, 0) is 31.2 Å². The predicted molar refractivity (Wildman–Crippen MR) is 100 cm³/mol. The van der Waals surface area contributed by atoms with Gasteiger partial charge in [0.2, 0.25) is 0 Å². The van der Waals surface area contributed by atoms with Crippen molar-refractivity contribution in [3.8, 4) is 11.4 Å². The second-order valence-corrected chi connectivity index (χ2v) is 5.90. The summed E-state index contributed by atoms with van der Waals surface area (Å²) in [5.74, 6) is 2.27. The maximum atomic E-state index is 5.86. The fourth-order valence-corrected chi connectivity index (χ4v) is 2.73. The minimum Gasteiger partial charge on any atom is -0.399 e. The molecule has 0 amide bonds. The molecule has 25 heavy (non-hydrogen) atoms. The summed E-state index contributed by atoms with van der Waals surface area (Å²) in [6.45, 7) is 2.51. The van der Waals surface area contributed by atoms with Crippen LogP contribution in [0, 0.1) is 6.92 Å². The highest BCUT2D eigenvalue weighted by molar-refractivity contribution is 5.74. The first-order chi connectivity index (χ1) is 12.2. The maximum absolute atomic E-state index is 5.86. The summed E-state index contributed by atoms with van der Waals surface area (Å²) in [7, 11) is 0. The lowest BCUT2D eigenvalue weighted by Crippen LogP contribution is -2.05. The number of nitrogens with one attached hydrogen (secondary N) is 2. The number of benzene rings is 2. The average Bonchev–Trinajstić information content (AvgIpc) is 3.02. The largest absolute Gasteiger partial charge is 0.399 e. The van der Waals surface area contributed by atoms with E-state index in [2.05, 4.69) is 25.3 Å². The van der Waals surface area contributed by atoms with Gasteiger partial charge in [-0.2, -0.15) is 0 Å². The van der Waals surface area contributed by atoms with Gasteiger partial charge >= 0.3 is 0 Å². The first kappa shape index (κ1) is 15.1. The monoisotopic (exact) mass is 330 g/mol. The second-order valence-electron chi connectivity index (χ2n) is 5.90. The van der Waals surface area contributed by atoms with Gasteiger partial charge in [-0.25, -0.2) is 15.0 Å². The number of imidazole rings is 1. The summed E-state index contributed by atoms with van der Waals surface area (Å²) >= 11 is 0. The molecule has 4 aromatic rings. The van der Waals surface area contributed by atoms with Gasteiger partial charge in [0.25, 0.3) is 0 Å². The molecule has 0 unspecified atom stereocenters. The quantitative estimate of drug-likeness (QED) is 0.498. The fourth-order valence-electron chi connectivity index (χ4n) is 2.73. The SMILES string of the molecule is Cc1cc(NCc2nc3ccccc3[nH]2)nc(-c2cccc(N)c2)n1. The molecule has 0 aliphatic heterocycles. The Balaban J connectivity index is 1.58. The highest BCUT2D eigenvalue weighted by atomic mass is 15.1. The van der Waals surface area contributed by atoms with Crippen molar-refractivity contribution in [2.24, 2.45) is 0 Å². The number of fused-ring (bicyclic) bond motifs is 1. The van der Waals surface area contributed by atoms with Gasteiger partial charge in [-0.15, -0.1) is 0 Å². The smallest absolute Gasteiger partial charge is 0.161 e. The number of H-pyrrole nitrogens is 1. The third-order valence-corrected chi connectivity index (χ3v) is 3.87. The molecule has 4 rings (SSSR count). The summed E-state index contributed by atoms with van der Waals surface area (Å²) in [4.78, 5) is 17.0. The van der Waals surface area contributed by atoms with Crippen molar-refractivity contribution in [1.29, 1.82) is 0 Å². The van der Waals surface area contributed by atoms with Gasteiger partial charge in [0.05, 0.1) is 17.6 Å². The average molecular weight is 330 g/mol. The first-order valence-corrected chi connectivity index (χ1v) is 8.06. The zero-order chi connectivity index (χ0) is 17.2. The van der Waals surface area contributed by atoms with Crippen molar-refractivity contribution in [3.63, 3.8) is 0 Å². The number of nitrogens with two attached hydrogens (primary N) is 1. The molecule has 4 N–H and O–H groups in total. The number of aryl methyl sites for hydroxylation is 1. The number of hydrogen-bond acceptors (Lipinski definition) is 5. The van der Waals surface area contributed by atoms with Gasteiger partial charge in [-0.3, -0.25) is 0 Å². The molecular formula is C19H18N6. The van der Waals surface area contributed by atoms with Crippen LogP contribution in [0.25, 0.3) is 22.4 Å². The van der Waals surface area contributed by atoms with Crippen molar-refractivity contribution in [3.05, 3.63) is 66.1 Å². The molecule has 2 heterocycles. The minimum atomic E-state index is 0.557. The van der Waals surface area contributed by atoms with Crippen LogP contribution in [0.4, 0.5) is 11.5 Å². The van der Waals surface area contributed by atoms with Gasteiger partial charge in [0, 0.05) is 23.0 Å². The zero-order valence-corrected chi connectivity index (χ0v) is 13.8. The van der Waals surface area contributed by atoms with E-state index in [1.54, 1.807) is 0 Å². The van der Waals surface area contributed by atoms with Crippen LogP contribution in [0.15, 0.2) is 54.6 Å². The molecule has 124 valence electrons. The summed E-state index contributed by atoms with van der Waals surface area (Å²) in [6.07, 6.45) is 0. The van der Waals surface area contributed by atoms with E-state index in [0.29, 0.717) is 18.1 Å². The number of nitrogens with zero attached hydrogens (tertiary/aromatic N) is 3. The molecule has 6 nitrogen and oxygen atoms in total. The highest BCUT2D eigenvalue weighted by Gasteiger charge is 2.07. The van der Waals surface area contributed by atoms with E-state index < -0.39 is 0 Å². The minimum absolute atomic E-state index is 0.557. The molecule has 2 aromatic heterocycles. The Kier molecular flexibility index (Phi) is 3.78. The molecule has 2 aromatic carbocycles. The van der Waals surface area contributed by atoms with E-state index in [1.807, 2.05) is 61.5 Å². The van der Waals surface area contributed by atoms with Crippen LogP contribution < -0.4 is 11.1 Å². The Morgan fingerprint density at radius 3 is 2.72 bits per heavy atom. The zero-order valence-electron chi connectivity index (χ0n) is 13.8. The molecule has 0 aliphatic rings. The van der Waals surface area contributed by atoms with Gasteiger partial charge in [-0.1, -0.05) is 24.3 Å². The Bertz CT molecular complexity index is 1000. The van der Waals surface area contributed by atoms with Crippen molar-refractivity contribution in [1.82, 2.24) is 19.9 Å². The van der Waals surface area contributed by atoms with Crippen molar-refractivity contribution >= 4 is 22.5 Å². The summed E-state index contributed by atoms with van der Waals surface area (Å²) in [5.41, 5.74) is 10.3. The predicted octanol–water partition coefficient (Wildman–Crippen LogP) is 3.52. The lowest BCUT2D eigenvalue weighted by molar-refractivity contribution is 0.987. The van der Waals surface area contributed by atoms with E-state index in [4.69, 9.17) is 5.73 Å². The van der Waals surface area contributed by atoms with E-state index in [-0.39, 0.29) is 0 Å². The second kappa shape index (κ2) is 6.24. The van der Waals surface area contributed by atoms with Gasteiger partial charge < -0.3 is 16.0 Å². The summed E-state index contributed by atoms with van der Waals surface area (Å²) in [5, 5.41) is 3.31. The van der Waals surface area contributed by atoms with Crippen molar-refractivity contribution in [2.45, 2.75) is 13.5 Å². The first-order valence-electron chi connectivity index (χ1n) is 8.06. The van der Waals surface area contributed by atoms with E-state index in [9.17, 15) is 0 Å². The van der Waals surface area contributed by atoms with Gasteiger partial charge in [0.15, 0.2) is 5.82 Å². The molecule has 0 saturated carbocycles. The molecule has 6 heteroatoms. The number of hydrogen-bond donors (Lipinski definition) is 3. The van der Waals surface area contributed by atoms with Crippen LogP contribution in [0.5, 0.6) is 0 Å². The normalized spacial score (nSPS) is 10.9. The van der Waals surface area contributed by atoms with Crippen molar-refractivity contribution < 1.29 is 0 Å². The maximum Gasteiger partial charge on any atom is 0.161 e. The summed E-state index contributed by atoms with van der Waals surface area (Å²) < 4.78 is 0. The molecule has 0 saturated heterocycles. The van der Waals surface area contributed by atoms with E-state index in [0.717, 1.165) is 33.9 Å². The third-order valence-electron chi connectivity index (χ3n) is 3.87. The molecule has 0 aliphatic carbocycles. The molecule has 0 spiro atoms. The molecule has 0 radical (unpaired) electrons. The third kappa shape index (κ3) is 3.28. The number of anilines is 2. The van der Waals surface area contributed by atoms with E-state index in [1.165, 1.54) is 0 Å². The standard InChI is InChI=1S/C19H18N6/c1-12-9-17(25-19(22-12)13-5-4-6-14(20)10-13)21-11-18-23-15-7-2-3-8-16(15)24-18/h2-10H,11,20H2,1H3,(H,23,24)(H,21,22,25). The molecule has 0 bridgehead atoms. The number of rotatable bonds is 4. The van der Waals surface area contributed by atoms with E-state index >= 15 is 0 Å². The number of para-hydroxylation sites is 2. The van der Waals surface area contributed by atoms with Crippen LogP contribution in [0.1, 0.15) is 11.5 Å². The molecule has 0 fully saturated rings. The van der Waals surface area contributed by atoms with Crippen LogP contribution in [0.3, 0.4) is 0 Å². The van der Waals surface area contributed by atoms with Crippen molar-refractivity contribution in [2.75, 3.05) is 11.1 Å². The Labute approximate surface area is 145 Å².